The van der Waals surface area contributed by atoms with Crippen molar-refractivity contribution >= 4 is 23.4 Å². The number of carbonyl (C=O) groups is 1. The molecule has 0 aliphatic carbocycles. The van der Waals surface area contributed by atoms with E-state index in [2.05, 4.69) is 80.3 Å². The summed E-state index contributed by atoms with van der Waals surface area (Å²) < 4.78 is 0. The molecule has 2 aromatic carbocycles. The maximum atomic E-state index is 13.0. The first-order valence-electron chi connectivity index (χ1n) is 9.97. The lowest BCUT2D eigenvalue weighted by Crippen LogP contribution is -2.47. The maximum absolute atomic E-state index is 13.0. The zero-order chi connectivity index (χ0) is 20.5. The molecule has 0 unspecified atom stereocenters. The summed E-state index contributed by atoms with van der Waals surface area (Å²) in [5.41, 5.74) is 5.35. The zero-order valence-corrected chi connectivity index (χ0v) is 17.9. The lowest BCUT2D eigenvalue weighted by atomic mass is 9.85. The highest BCUT2D eigenvalue weighted by molar-refractivity contribution is 8.03. The van der Waals surface area contributed by atoms with Crippen LogP contribution in [0, 0.1) is 18.3 Å². The molecule has 1 fully saturated rings. The van der Waals surface area contributed by atoms with E-state index in [1.54, 1.807) is 16.7 Å². The first-order chi connectivity index (χ1) is 14.0. The van der Waals surface area contributed by atoms with E-state index in [1.807, 2.05) is 0 Å². The summed E-state index contributed by atoms with van der Waals surface area (Å²) >= 11 is 1.59. The number of nitrogens with zero attached hydrogens (tertiary/aromatic N) is 3. The largest absolute Gasteiger partial charge is 0.344 e. The number of benzene rings is 2. The van der Waals surface area contributed by atoms with Gasteiger partial charge in [-0.3, -0.25) is 9.69 Å². The lowest BCUT2D eigenvalue weighted by Gasteiger charge is -2.42. The molecule has 0 aromatic heterocycles. The Morgan fingerprint density at radius 1 is 1.10 bits per heavy atom. The van der Waals surface area contributed by atoms with Crippen molar-refractivity contribution in [2.75, 3.05) is 17.4 Å². The Morgan fingerprint density at radius 2 is 1.79 bits per heavy atom. The van der Waals surface area contributed by atoms with Gasteiger partial charge in [0.25, 0.3) is 0 Å². The predicted molar refractivity (Wildman–Crippen MR) is 118 cm³/mol. The fraction of sp³-hybridized carbons (Fsp3) is 0.333. The summed E-state index contributed by atoms with van der Waals surface area (Å²) in [5, 5.41) is 10.8. The highest BCUT2D eigenvalue weighted by Crippen LogP contribution is 2.43. The van der Waals surface area contributed by atoms with Gasteiger partial charge in [-0.05, 0) is 36.1 Å². The van der Waals surface area contributed by atoms with Crippen molar-refractivity contribution in [1.29, 1.82) is 5.26 Å². The van der Waals surface area contributed by atoms with Gasteiger partial charge in [-0.25, -0.2) is 0 Å². The van der Waals surface area contributed by atoms with Crippen LogP contribution in [0.2, 0.25) is 0 Å². The molecule has 0 N–H and O–H groups in total. The Labute approximate surface area is 176 Å². The van der Waals surface area contributed by atoms with Crippen LogP contribution < -0.4 is 4.90 Å². The van der Waals surface area contributed by atoms with Gasteiger partial charge in [0.15, 0.2) is 0 Å². The summed E-state index contributed by atoms with van der Waals surface area (Å²) in [7, 11) is 0. The van der Waals surface area contributed by atoms with E-state index < -0.39 is 0 Å². The summed E-state index contributed by atoms with van der Waals surface area (Å²) in [4.78, 5) is 17.0. The summed E-state index contributed by atoms with van der Waals surface area (Å²) in [6, 6.07) is 19.1. The molecule has 148 valence electrons. The highest BCUT2D eigenvalue weighted by atomic mass is 32.2. The van der Waals surface area contributed by atoms with E-state index in [-0.39, 0.29) is 11.8 Å². The van der Waals surface area contributed by atoms with E-state index in [9.17, 15) is 10.1 Å². The Hall–Kier alpha value is -2.71. The number of nitriles is 1. The number of anilines is 1. The van der Waals surface area contributed by atoms with Crippen molar-refractivity contribution in [2.45, 2.75) is 39.0 Å². The summed E-state index contributed by atoms with van der Waals surface area (Å²) in [6.07, 6.45) is 0.343. The van der Waals surface area contributed by atoms with Crippen LogP contribution in [0.25, 0.3) is 0 Å². The number of fused-ring (bicyclic) bond motifs is 1. The van der Waals surface area contributed by atoms with Gasteiger partial charge in [0.2, 0.25) is 5.91 Å². The van der Waals surface area contributed by atoms with Crippen LogP contribution >= 0.6 is 11.8 Å². The number of carbonyl (C=O) groups excluding carboxylic acids is 1. The van der Waals surface area contributed by atoms with Gasteiger partial charge in [0.05, 0.1) is 29.2 Å². The fourth-order valence-electron chi connectivity index (χ4n) is 3.88. The number of hydrogen-bond acceptors (Lipinski definition) is 4. The van der Waals surface area contributed by atoms with Crippen molar-refractivity contribution in [3.63, 3.8) is 0 Å². The third-order valence-electron chi connectivity index (χ3n) is 5.70. The summed E-state index contributed by atoms with van der Waals surface area (Å²) in [5.74, 6) is 1.12. The Bertz CT molecular complexity index is 986. The van der Waals surface area contributed by atoms with Crippen molar-refractivity contribution in [1.82, 2.24) is 4.90 Å². The molecule has 4 nitrogen and oxygen atoms in total. The second-order valence-electron chi connectivity index (χ2n) is 8.02. The van der Waals surface area contributed by atoms with E-state index >= 15 is 0 Å². The molecule has 5 heteroatoms. The van der Waals surface area contributed by atoms with Crippen LogP contribution in [0.5, 0.6) is 0 Å². The van der Waals surface area contributed by atoms with Crippen LogP contribution in [-0.4, -0.2) is 23.4 Å². The molecule has 0 radical (unpaired) electrons. The normalized spacial score (nSPS) is 19.4. The molecule has 2 heterocycles. The zero-order valence-electron chi connectivity index (χ0n) is 17.1. The van der Waals surface area contributed by atoms with Gasteiger partial charge in [-0.2, -0.15) is 5.26 Å². The average Bonchev–Trinajstić information content (AvgIpc) is 2.74. The molecule has 0 bridgehead atoms. The third kappa shape index (κ3) is 3.77. The lowest BCUT2D eigenvalue weighted by molar-refractivity contribution is -0.129. The van der Waals surface area contributed by atoms with Crippen molar-refractivity contribution < 1.29 is 4.79 Å². The molecule has 0 saturated carbocycles. The molecule has 1 saturated heterocycles. The molecule has 1 atom stereocenters. The first kappa shape index (κ1) is 19.6. The second kappa shape index (κ2) is 7.96. The van der Waals surface area contributed by atoms with Gasteiger partial charge in [-0.1, -0.05) is 67.6 Å². The first-order valence-corrected chi connectivity index (χ1v) is 11.0. The van der Waals surface area contributed by atoms with E-state index in [0.717, 1.165) is 27.7 Å². The Balaban J connectivity index is 1.63. The van der Waals surface area contributed by atoms with Crippen LogP contribution in [0.4, 0.5) is 5.69 Å². The van der Waals surface area contributed by atoms with Crippen LogP contribution in [0.1, 0.15) is 48.8 Å². The Morgan fingerprint density at radius 3 is 2.41 bits per heavy atom. The van der Waals surface area contributed by atoms with Gasteiger partial charge < -0.3 is 4.90 Å². The number of rotatable bonds is 3. The van der Waals surface area contributed by atoms with Crippen LogP contribution in [-0.2, 0) is 4.79 Å². The van der Waals surface area contributed by atoms with Gasteiger partial charge in [-0.15, -0.1) is 0 Å². The third-order valence-corrected chi connectivity index (χ3v) is 6.85. The molecular formula is C24H25N3OS. The van der Waals surface area contributed by atoms with E-state index in [0.29, 0.717) is 19.0 Å². The van der Waals surface area contributed by atoms with E-state index in [1.165, 1.54) is 11.1 Å². The number of allylic oxidation sites excluding steroid dienone is 1. The topological polar surface area (TPSA) is 47.3 Å². The monoisotopic (exact) mass is 403 g/mol. The second-order valence-corrected chi connectivity index (χ2v) is 8.95. The highest BCUT2D eigenvalue weighted by Gasteiger charge is 2.38. The molecule has 4 rings (SSSR count). The number of hydrogen-bond donors (Lipinski definition) is 0. The van der Waals surface area contributed by atoms with Gasteiger partial charge >= 0.3 is 0 Å². The van der Waals surface area contributed by atoms with Crippen LogP contribution in [0.15, 0.2) is 59.1 Å². The fourth-order valence-corrected chi connectivity index (χ4v) is 5.05. The van der Waals surface area contributed by atoms with Crippen molar-refractivity contribution in [3.05, 3.63) is 75.8 Å². The van der Waals surface area contributed by atoms with E-state index in [4.69, 9.17) is 0 Å². The standard InChI is InChI=1S/C24H25N3OS/c1-16(2)18-6-8-19(9-7-18)21-12-23(28)27-14-26(15-29-24(27)22(21)13-25)20-10-4-17(3)5-11-20/h4-11,16,21H,12,14-15H2,1-3H3/t21-/m1/s1. The molecule has 2 aliphatic heterocycles. The van der Waals surface area contributed by atoms with Gasteiger partial charge in [0, 0.05) is 18.0 Å². The predicted octanol–water partition coefficient (Wildman–Crippen LogP) is 5.34. The maximum Gasteiger partial charge on any atom is 0.229 e. The Kier molecular flexibility index (Phi) is 5.38. The molecular weight excluding hydrogens is 378 g/mol. The average molecular weight is 404 g/mol. The molecule has 29 heavy (non-hydrogen) atoms. The number of aryl methyl sites for hydroxylation is 1. The van der Waals surface area contributed by atoms with Crippen LogP contribution in [0.3, 0.4) is 0 Å². The molecule has 0 spiro atoms. The minimum Gasteiger partial charge on any atom is -0.344 e. The van der Waals surface area contributed by atoms with Crippen molar-refractivity contribution in [3.8, 4) is 6.07 Å². The minimum atomic E-state index is -0.154. The smallest absolute Gasteiger partial charge is 0.229 e. The number of thioether (sulfide) groups is 1. The van der Waals surface area contributed by atoms with Crippen molar-refractivity contribution in [2.24, 2.45) is 0 Å². The molecule has 2 aliphatic rings. The molecule has 1 amide bonds. The SMILES string of the molecule is Cc1ccc(N2CSC3=C(C#N)[C@@H](c4ccc(C(C)C)cc4)CC(=O)N3C2)cc1. The minimum absolute atomic E-state index is 0.0845. The number of amides is 1. The van der Waals surface area contributed by atoms with Gasteiger partial charge in [0.1, 0.15) is 0 Å². The quantitative estimate of drug-likeness (QED) is 0.694. The summed E-state index contributed by atoms with van der Waals surface area (Å²) in [6.45, 7) is 6.89. The molecule has 2 aromatic rings.